The van der Waals surface area contributed by atoms with Crippen molar-refractivity contribution in [2.24, 2.45) is 0 Å². The van der Waals surface area contributed by atoms with Crippen molar-refractivity contribution in [3.63, 3.8) is 0 Å². The van der Waals surface area contributed by atoms with Gasteiger partial charge in [-0.15, -0.1) is 28.4 Å². The van der Waals surface area contributed by atoms with Crippen LogP contribution in [0.15, 0.2) is 58.3 Å². The highest BCUT2D eigenvalue weighted by Gasteiger charge is 1.95. The van der Waals surface area contributed by atoms with Gasteiger partial charge in [0.1, 0.15) is 0 Å². The smallest absolute Gasteiger partial charge is 0.0211 e. The lowest BCUT2D eigenvalue weighted by molar-refractivity contribution is 1.33. The van der Waals surface area contributed by atoms with Crippen molar-refractivity contribution in [1.29, 1.82) is 0 Å². The van der Waals surface area contributed by atoms with E-state index in [-0.39, 0.29) is 0 Å². The fraction of sp³-hybridized carbons (Fsp3) is 0.154. The van der Waals surface area contributed by atoms with E-state index in [4.69, 9.17) is 0 Å². The second-order valence-electron chi connectivity index (χ2n) is 3.26. The van der Waals surface area contributed by atoms with Gasteiger partial charge >= 0.3 is 0 Å². The van der Waals surface area contributed by atoms with E-state index in [0.29, 0.717) is 0 Å². The minimum Gasteiger partial charge on any atom is -0.213 e. The molecule has 78 valence electrons. The van der Waals surface area contributed by atoms with Gasteiger partial charge in [-0.2, -0.15) is 12.1 Å². The van der Waals surface area contributed by atoms with Crippen LogP contribution in [-0.4, -0.2) is 6.26 Å². The predicted octanol–water partition coefficient (Wildman–Crippen LogP) is 4.42. The normalized spacial score (nSPS) is 10.5. The van der Waals surface area contributed by atoms with Gasteiger partial charge in [0.2, 0.25) is 0 Å². The number of rotatable bonds is 4. The van der Waals surface area contributed by atoms with E-state index in [2.05, 4.69) is 54.8 Å². The number of hydrogen-bond donors (Lipinski definition) is 0. The molecule has 0 aliphatic carbocycles. The lowest BCUT2D eigenvalue weighted by Crippen LogP contribution is -1.80. The van der Waals surface area contributed by atoms with Gasteiger partial charge in [-0.25, -0.2) is 12.1 Å². The molecule has 0 saturated heterocycles. The van der Waals surface area contributed by atoms with Crippen LogP contribution in [0.1, 0.15) is 5.56 Å². The molecule has 0 aromatic heterocycles. The average molecular weight is 233 g/mol. The zero-order valence-electron chi connectivity index (χ0n) is 8.64. The van der Waals surface area contributed by atoms with E-state index in [0.717, 1.165) is 5.75 Å². The van der Waals surface area contributed by atoms with E-state index in [9.17, 15) is 0 Å². The van der Waals surface area contributed by atoms with Crippen LogP contribution < -0.4 is 0 Å². The summed E-state index contributed by atoms with van der Waals surface area (Å²) in [4.78, 5) is 2.69. The van der Waals surface area contributed by atoms with Crippen LogP contribution in [0, 0.1) is 0 Å². The second-order valence-corrected chi connectivity index (χ2v) is 5.19. The Morgan fingerprint density at radius 3 is 2.87 bits per heavy atom. The molecule has 0 unspecified atom stereocenters. The van der Waals surface area contributed by atoms with Crippen LogP contribution in [0.25, 0.3) is 0 Å². The van der Waals surface area contributed by atoms with E-state index < -0.39 is 0 Å². The molecule has 0 heterocycles. The third-order valence-electron chi connectivity index (χ3n) is 2.17. The average Bonchev–Trinajstić information content (AvgIpc) is 2.79. The maximum atomic E-state index is 2.26. The molecule has 0 amide bonds. The molecule has 0 aliphatic heterocycles. The monoisotopic (exact) mass is 233 g/mol. The lowest BCUT2D eigenvalue weighted by Gasteiger charge is -2.04. The van der Waals surface area contributed by atoms with Gasteiger partial charge in [-0.1, -0.05) is 12.1 Å². The first-order chi connectivity index (χ1) is 7.38. The van der Waals surface area contributed by atoms with Crippen molar-refractivity contribution in [2.75, 3.05) is 6.26 Å². The molecule has 0 N–H and O–H groups in total. The summed E-state index contributed by atoms with van der Waals surface area (Å²) < 4.78 is 0. The fourth-order valence-electron chi connectivity index (χ4n) is 1.38. The molecule has 15 heavy (non-hydrogen) atoms. The molecule has 2 aromatic carbocycles. The van der Waals surface area contributed by atoms with E-state index in [1.54, 1.807) is 11.8 Å². The predicted molar refractivity (Wildman–Crippen MR) is 69.8 cm³/mol. The van der Waals surface area contributed by atoms with Gasteiger partial charge < -0.3 is 0 Å². The van der Waals surface area contributed by atoms with Gasteiger partial charge in [0.15, 0.2) is 0 Å². The molecule has 0 saturated carbocycles. The molecule has 0 aliphatic rings. The van der Waals surface area contributed by atoms with Crippen molar-refractivity contribution < 1.29 is 0 Å². The van der Waals surface area contributed by atoms with Gasteiger partial charge in [0.25, 0.3) is 0 Å². The van der Waals surface area contributed by atoms with Crippen molar-refractivity contribution in [2.45, 2.75) is 15.5 Å². The van der Waals surface area contributed by atoms with Crippen molar-refractivity contribution in [3.8, 4) is 0 Å². The highest BCUT2D eigenvalue weighted by molar-refractivity contribution is 7.99. The number of benzene rings is 1. The Balaban J connectivity index is 1.98. The Morgan fingerprint density at radius 2 is 2.13 bits per heavy atom. The summed E-state index contributed by atoms with van der Waals surface area (Å²) in [5.41, 5.74) is 1.40. The zero-order chi connectivity index (χ0) is 10.5. The molecule has 2 heteroatoms. The molecule has 0 radical (unpaired) electrons. The number of thioether (sulfide) groups is 2. The van der Waals surface area contributed by atoms with Gasteiger partial charge in [-0.3, -0.25) is 0 Å². The van der Waals surface area contributed by atoms with Crippen molar-refractivity contribution in [3.05, 3.63) is 54.1 Å². The summed E-state index contributed by atoms with van der Waals surface area (Å²) in [6.45, 7) is 0. The van der Waals surface area contributed by atoms with Gasteiger partial charge in [-0.05, 0) is 24.0 Å². The third-order valence-corrected chi connectivity index (χ3v) is 3.98. The highest BCUT2D eigenvalue weighted by Crippen LogP contribution is 2.24. The molecular formula is C13H13S2-. The zero-order valence-corrected chi connectivity index (χ0v) is 10.3. The molecular weight excluding hydrogens is 220 g/mol. The summed E-state index contributed by atoms with van der Waals surface area (Å²) >= 11 is 3.69. The highest BCUT2D eigenvalue weighted by atomic mass is 32.2. The molecule has 2 rings (SSSR count). The van der Waals surface area contributed by atoms with Crippen LogP contribution >= 0.6 is 23.5 Å². The summed E-state index contributed by atoms with van der Waals surface area (Å²) in [6, 6.07) is 17.2. The standard InChI is InChI=1S/C13H13S2/c1-14-13-8-4-5-11(9-13)10-15-12-6-2-3-7-12/h2-9H,10H2,1H3/q-1. The van der Waals surface area contributed by atoms with Crippen molar-refractivity contribution >= 4 is 23.5 Å². The first-order valence-electron chi connectivity index (χ1n) is 4.86. The largest absolute Gasteiger partial charge is 0.213 e. The fourth-order valence-corrected chi connectivity index (χ4v) is 2.73. The number of hydrogen-bond acceptors (Lipinski definition) is 2. The molecule has 2 aromatic rings. The summed E-state index contributed by atoms with van der Waals surface area (Å²) in [7, 11) is 0. The molecule has 0 nitrogen and oxygen atoms in total. The summed E-state index contributed by atoms with van der Waals surface area (Å²) in [6.07, 6.45) is 2.11. The molecule has 0 spiro atoms. The first kappa shape index (κ1) is 10.8. The maximum absolute atomic E-state index is 2.26. The Kier molecular flexibility index (Phi) is 3.87. The van der Waals surface area contributed by atoms with Gasteiger partial charge in [0, 0.05) is 10.6 Å². The van der Waals surface area contributed by atoms with Gasteiger partial charge in [0.05, 0.1) is 0 Å². The Morgan fingerprint density at radius 1 is 1.20 bits per heavy atom. The Hall–Kier alpha value is -0.730. The van der Waals surface area contributed by atoms with Crippen LogP contribution in [0.2, 0.25) is 0 Å². The van der Waals surface area contributed by atoms with E-state index in [1.165, 1.54) is 15.4 Å². The van der Waals surface area contributed by atoms with Crippen molar-refractivity contribution in [1.82, 2.24) is 0 Å². The minimum atomic E-state index is 1.05. The van der Waals surface area contributed by atoms with Crippen LogP contribution in [-0.2, 0) is 5.75 Å². The molecule has 0 atom stereocenters. The van der Waals surface area contributed by atoms with Crippen LogP contribution in [0.3, 0.4) is 0 Å². The topological polar surface area (TPSA) is 0 Å². The molecule has 0 bridgehead atoms. The first-order valence-corrected chi connectivity index (χ1v) is 7.07. The lowest BCUT2D eigenvalue weighted by atomic mass is 10.2. The van der Waals surface area contributed by atoms with E-state index in [1.807, 2.05) is 11.8 Å². The second kappa shape index (κ2) is 5.38. The summed E-state index contributed by atoms with van der Waals surface area (Å²) in [5.74, 6) is 1.05. The third kappa shape index (κ3) is 3.11. The maximum Gasteiger partial charge on any atom is 0.0211 e. The SMILES string of the molecule is CSc1cccc(CSc2ccc[cH-]2)c1. The quantitative estimate of drug-likeness (QED) is 0.566. The van der Waals surface area contributed by atoms with Crippen LogP contribution in [0.5, 0.6) is 0 Å². The van der Waals surface area contributed by atoms with E-state index >= 15 is 0 Å². The minimum absolute atomic E-state index is 1.05. The Bertz CT molecular complexity index is 404. The molecule has 0 fully saturated rings. The van der Waals surface area contributed by atoms with Crippen LogP contribution in [0.4, 0.5) is 0 Å². The summed E-state index contributed by atoms with van der Waals surface area (Å²) in [5, 5.41) is 0. The Labute approximate surface area is 99.5 Å².